The molecule has 16 heavy (non-hydrogen) atoms. The molecule has 0 aromatic heterocycles. The van der Waals surface area contributed by atoms with Gasteiger partial charge in [-0.3, -0.25) is 10.1 Å². The lowest BCUT2D eigenvalue weighted by Gasteiger charge is -2.22. The zero-order valence-corrected chi connectivity index (χ0v) is 10.6. The van der Waals surface area contributed by atoms with Crippen molar-refractivity contribution in [3.8, 4) is 0 Å². The molecule has 0 rings (SSSR count). The van der Waals surface area contributed by atoms with Crippen molar-refractivity contribution < 1.29 is 14.6 Å². The van der Waals surface area contributed by atoms with E-state index in [2.05, 4.69) is 10.6 Å². The number of methoxy groups -OCH3 is 1. The molecule has 0 saturated carbocycles. The van der Waals surface area contributed by atoms with E-state index in [9.17, 15) is 4.79 Å². The average molecular weight is 232 g/mol. The molecule has 0 aliphatic carbocycles. The third-order valence-electron chi connectivity index (χ3n) is 2.47. The molecule has 0 aliphatic rings. The minimum Gasteiger partial charge on any atom is -0.395 e. The monoisotopic (exact) mass is 232 g/mol. The maximum Gasteiger partial charge on any atom is 0.237 e. The summed E-state index contributed by atoms with van der Waals surface area (Å²) in [7, 11) is 1.56. The van der Waals surface area contributed by atoms with Crippen LogP contribution in [0.3, 0.4) is 0 Å². The van der Waals surface area contributed by atoms with Crippen molar-refractivity contribution in [2.45, 2.75) is 45.3 Å². The quantitative estimate of drug-likeness (QED) is 0.546. The van der Waals surface area contributed by atoms with E-state index in [1.807, 2.05) is 13.8 Å². The third kappa shape index (κ3) is 6.05. The van der Waals surface area contributed by atoms with Gasteiger partial charge < -0.3 is 15.2 Å². The van der Waals surface area contributed by atoms with Crippen LogP contribution in [0.5, 0.6) is 0 Å². The van der Waals surface area contributed by atoms with Crippen LogP contribution in [0.4, 0.5) is 0 Å². The average Bonchev–Trinajstić information content (AvgIpc) is 2.27. The number of hydrogen-bond donors (Lipinski definition) is 3. The number of ether oxygens (including phenoxy) is 1. The van der Waals surface area contributed by atoms with Gasteiger partial charge in [0.05, 0.1) is 25.3 Å². The van der Waals surface area contributed by atoms with Gasteiger partial charge in [0, 0.05) is 13.2 Å². The highest BCUT2D eigenvalue weighted by atomic mass is 16.5. The smallest absolute Gasteiger partial charge is 0.237 e. The molecule has 0 bridgehead atoms. The van der Waals surface area contributed by atoms with E-state index >= 15 is 0 Å². The standard InChI is InChI=1S/C11H24N2O3/c1-5-8(2)12-11(15)9(3)13-10(6-14)7-16-4/h8-10,13-14H,5-7H2,1-4H3,(H,12,15). The Morgan fingerprint density at radius 3 is 2.50 bits per heavy atom. The maximum absolute atomic E-state index is 11.7. The summed E-state index contributed by atoms with van der Waals surface area (Å²) in [6.45, 7) is 6.09. The Bertz CT molecular complexity index is 200. The fraction of sp³-hybridized carbons (Fsp3) is 0.909. The molecule has 0 spiro atoms. The van der Waals surface area contributed by atoms with Crippen LogP contribution in [-0.4, -0.2) is 49.5 Å². The van der Waals surface area contributed by atoms with Gasteiger partial charge in [-0.05, 0) is 20.3 Å². The molecule has 96 valence electrons. The third-order valence-corrected chi connectivity index (χ3v) is 2.47. The Hall–Kier alpha value is -0.650. The van der Waals surface area contributed by atoms with Crippen molar-refractivity contribution in [2.24, 2.45) is 0 Å². The van der Waals surface area contributed by atoms with Crippen LogP contribution in [0.15, 0.2) is 0 Å². The number of aliphatic hydroxyl groups excluding tert-OH is 1. The number of hydrogen-bond acceptors (Lipinski definition) is 4. The van der Waals surface area contributed by atoms with Crippen molar-refractivity contribution in [3.63, 3.8) is 0 Å². The van der Waals surface area contributed by atoms with E-state index in [0.29, 0.717) is 6.61 Å². The molecule has 3 unspecified atom stereocenters. The predicted octanol–water partition coefficient (Wildman–Crippen LogP) is -0.113. The molecule has 0 heterocycles. The van der Waals surface area contributed by atoms with Crippen molar-refractivity contribution >= 4 is 5.91 Å². The van der Waals surface area contributed by atoms with Gasteiger partial charge in [-0.1, -0.05) is 6.92 Å². The van der Waals surface area contributed by atoms with Gasteiger partial charge in [-0.2, -0.15) is 0 Å². The van der Waals surface area contributed by atoms with Gasteiger partial charge >= 0.3 is 0 Å². The van der Waals surface area contributed by atoms with E-state index in [4.69, 9.17) is 9.84 Å². The molecule has 5 heteroatoms. The van der Waals surface area contributed by atoms with Gasteiger partial charge in [0.2, 0.25) is 5.91 Å². The lowest BCUT2D eigenvalue weighted by atomic mass is 10.2. The Balaban J connectivity index is 4.02. The first-order valence-electron chi connectivity index (χ1n) is 5.71. The second-order valence-electron chi connectivity index (χ2n) is 4.04. The van der Waals surface area contributed by atoms with Crippen LogP contribution in [0, 0.1) is 0 Å². The van der Waals surface area contributed by atoms with Gasteiger partial charge in [0.1, 0.15) is 0 Å². The second kappa shape index (κ2) is 8.50. The molecule has 0 aromatic rings. The molecule has 3 N–H and O–H groups in total. The highest BCUT2D eigenvalue weighted by Crippen LogP contribution is 1.93. The normalized spacial score (nSPS) is 16.6. The van der Waals surface area contributed by atoms with E-state index in [1.165, 1.54) is 0 Å². The van der Waals surface area contributed by atoms with Gasteiger partial charge in [0.25, 0.3) is 0 Å². The van der Waals surface area contributed by atoms with Crippen LogP contribution in [0.2, 0.25) is 0 Å². The molecular weight excluding hydrogens is 208 g/mol. The van der Waals surface area contributed by atoms with Gasteiger partial charge in [-0.15, -0.1) is 0 Å². The second-order valence-corrected chi connectivity index (χ2v) is 4.04. The molecule has 0 aromatic carbocycles. The summed E-state index contributed by atoms with van der Waals surface area (Å²) < 4.78 is 4.92. The largest absolute Gasteiger partial charge is 0.395 e. The van der Waals surface area contributed by atoms with E-state index < -0.39 is 0 Å². The predicted molar refractivity (Wildman–Crippen MR) is 63.2 cm³/mol. The zero-order valence-electron chi connectivity index (χ0n) is 10.6. The molecule has 0 saturated heterocycles. The van der Waals surface area contributed by atoms with Crippen molar-refractivity contribution in [1.82, 2.24) is 10.6 Å². The first kappa shape index (κ1) is 15.3. The summed E-state index contributed by atoms with van der Waals surface area (Å²) in [6.07, 6.45) is 0.903. The van der Waals surface area contributed by atoms with E-state index in [1.54, 1.807) is 14.0 Å². The highest BCUT2D eigenvalue weighted by molar-refractivity contribution is 5.81. The van der Waals surface area contributed by atoms with Crippen LogP contribution in [-0.2, 0) is 9.53 Å². The first-order valence-corrected chi connectivity index (χ1v) is 5.71. The van der Waals surface area contributed by atoms with E-state index in [-0.39, 0.29) is 30.6 Å². The first-order chi connectivity index (χ1) is 7.54. The Kier molecular flexibility index (Phi) is 8.15. The molecule has 0 fully saturated rings. The highest BCUT2D eigenvalue weighted by Gasteiger charge is 2.18. The Labute approximate surface area is 97.6 Å². The molecular formula is C11H24N2O3. The number of aliphatic hydroxyl groups is 1. The summed E-state index contributed by atoms with van der Waals surface area (Å²) in [5.41, 5.74) is 0. The van der Waals surface area contributed by atoms with E-state index in [0.717, 1.165) is 6.42 Å². The molecule has 1 amide bonds. The minimum atomic E-state index is -0.332. The number of rotatable bonds is 8. The number of nitrogens with one attached hydrogen (secondary N) is 2. The van der Waals surface area contributed by atoms with Crippen LogP contribution >= 0.6 is 0 Å². The summed E-state index contributed by atoms with van der Waals surface area (Å²) in [6, 6.07) is -0.365. The molecule has 3 atom stereocenters. The van der Waals surface area contributed by atoms with Crippen LogP contribution < -0.4 is 10.6 Å². The fourth-order valence-electron chi connectivity index (χ4n) is 1.25. The maximum atomic E-state index is 11.7. The zero-order chi connectivity index (χ0) is 12.6. The lowest BCUT2D eigenvalue weighted by Crippen LogP contribution is -2.50. The molecule has 5 nitrogen and oxygen atoms in total. The Morgan fingerprint density at radius 2 is 2.06 bits per heavy atom. The van der Waals surface area contributed by atoms with Crippen molar-refractivity contribution in [1.29, 1.82) is 0 Å². The lowest BCUT2D eigenvalue weighted by molar-refractivity contribution is -0.123. The number of amides is 1. The van der Waals surface area contributed by atoms with Crippen LogP contribution in [0.25, 0.3) is 0 Å². The van der Waals surface area contributed by atoms with Crippen molar-refractivity contribution in [3.05, 3.63) is 0 Å². The van der Waals surface area contributed by atoms with Crippen molar-refractivity contribution in [2.75, 3.05) is 20.3 Å². The summed E-state index contributed by atoms with van der Waals surface area (Å²) in [4.78, 5) is 11.7. The Morgan fingerprint density at radius 1 is 1.44 bits per heavy atom. The fourth-order valence-corrected chi connectivity index (χ4v) is 1.25. The number of carbonyl (C=O) groups is 1. The van der Waals surface area contributed by atoms with Crippen LogP contribution in [0.1, 0.15) is 27.2 Å². The summed E-state index contributed by atoms with van der Waals surface area (Å²) >= 11 is 0. The summed E-state index contributed by atoms with van der Waals surface area (Å²) in [5.74, 6) is -0.0519. The molecule has 0 aliphatic heterocycles. The van der Waals surface area contributed by atoms with Gasteiger partial charge in [-0.25, -0.2) is 0 Å². The molecule has 0 radical (unpaired) electrons. The number of carbonyl (C=O) groups excluding carboxylic acids is 1. The summed E-state index contributed by atoms with van der Waals surface area (Å²) in [5, 5.41) is 14.9. The SMILES string of the molecule is CCC(C)NC(=O)C(C)NC(CO)COC. The van der Waals surface area contributed by atoms with Gasteiger partial charge in [0.15, 0.2) is 0 Å². The topological polar surface area (TPSA) is 70.6 Å². The minimum absolute atomic E-state index is 0.0468.